The smallest absolute Gasteiger partial charge is 0.243 e. The van der Waals surface area contributed by atoms with Gasteiger partial charge in [0.2, 0.25) is 5.91 Å². The highest BCUT2D eigenvalue weighted by atomic mass is 16.5. The quantitative estimate of drug-likeness (QED) is 0.602. The van der Waals surface area contributed by atoms with Crippen molar-refractivity contribution in [3.05, 3.63) is 78.9 Å². The van der Waals surface area contributed by atoms with Gasteiger partial charge in [-0.2, -0.15) is 0 Å². The summed E-state index contributed by atoms with van der Waals surface area (Å²) in [6, 6.07) is 21.5. The third-order valence-corrected chi connectivity index (χ3v) is 3.83. The van der Waals surface area contributed by atoms with E-state index in [9.17, 15) is 4.79 Å². The van der Waals surface area contributed by atoms with Crippen molar-refractivity contribution in [2.45, 2.75) is 6.92 Å². The van der Waals surface area contributed by atoms with Crippen LogP contribution < -0.4 is 15.4 Å². The van der Waals surface area contributed by atoms with Crippen LogP contribution in [0.15, 0.2) is 78.9 Å². The first-order chi connectivity index (χ1) is 12.6. The average Bonchev–Trinajstić information content (AvgIpc) is 2.65. The first kappa shape index (κ1) is 17.5. The van der Waals surface area contributed by atoms with Gasteiger partial charge in [0.05, 0.1) is 6.54 Å². The molecule has 0 aliphatic rings. The summed E-state index contributed by atoms with van der Waals surface area (Å²) in [7, 11) is 0. The van der Waals surface area contributed by atoms with E-state index >= 15 is 0 Å². The van der Waals surface area contributed by atoms with Gasteiger partial charge >= 0.3 is 0 Å². The largest absolute Gasteiger partial charge is 0.489 e. The van der Waals surface area contributed by atoms with E-state index in [0.717, 1.165) is 33.5 Å². The Kier molecular flexibility index (Phi) is 5.54. The molecule has 26 heavy (non-hydrogen) atoms. The Morgan fingerprint density at radius 2 is 1.65 bits per heavy atom. The second-order valence-electron chi connectivity index (χ2n) is 6.23. The van der Waals surface area contributed by atoms with Crippen LogP contribution in [0.3, 0.4) is 0 Å². The molecule has 0 atom stereocenters. The van der Waals surface area contributed by atoms with Gasteiger partial charge < -0.3 is 15.4 Å². The fraction of sp³-hybridized carbons (Fsp3) is 0.136. The lowest BCUT2D eigenvalue weighted by molar-refractivity contribution is -0.114. The molecule has 0 radical (unpaired) electrons. The van der Waals surface area contributed by atoms with Gasteiger partial charge in [-0.25, -0.2) is 0 Å². The number of rotatable bonds is 7. The molecule has 4 heteroatoms. The maximum atomic E-state index is 12.2. The van der Waals surface area contributed by atoms with E-state index in [2.05, 4.69) is 17.2 Å². The molecule has 0 heterocycles. The number of benzene rings is 3. The molecule has 0 spiro atoms. The monoisotopic (exact) mass is 346 g/mol. The highest BCUT2D eigenvalue weighted by Gasteiger charge is 2.04. The van der Waals surface area contributed by atoms with Crippen LogP contribution in [0.2, 0.25) is 0 Å². The number of ether oxygens (including phenoxy) is 1. The first-order valence-electron chi connectivity index (χ1n) is 8.50. The van der Waals surface area contributed by atoms with Gasteiger partial charge in [0.15, 0.2) is 0 Å². The van der Waals surface area contributed by atoms with E-state index in [0.29, 0.717) is 6.61 Å². The molecule has 0 unspecified atom stereocenters. The van der Waals surface area contributed by atoms with Crippen LogP contribution in [0.5, 0.6) is 5.75 Å². The summed E-state index contributed by atoms with van der Waals surface area (Å²) >= 11 is 0. The Balaban J connectivity index is 1.52. The van der Waals surface area contributed by atoms with Crippen molar-refractivity contribution in [2.24, 2.45) is 0 Å². The maximum absolute atomic E-state index is 12.2. The molecule has 0 aromatic heterocycles. The number of fused-ring (bicyclic) bond motifs is 1. The van der Waals surface area contributed by atoms with Crippen molar-refractivity contribution in [2.75, 3.05) is 23.8 Å². The zero-order chi connectivity index (χ0) is 18.4. The number of anilines is 2. The summed E-state index contributed by atoms with van der Waals surface area (Å²) in [5.41, 5.74) is 2.62. The molecule has 0 aliphatic heterocycles. The number of hydrogen-bond donors (Lipinski definition) is 2. The Bertz CT molecular complexity index is 917. The van der Waals surface area contributed by atoms with Crippen LogP contribution in [0, 0.1) is 0 Å². The lowest BCUT2D eigenvalue weighted by Gasteiger charge is -2.10. The summed E-state index contributed by atoms with van der Waals surface area (Å²) in [5, 5.41) is 8.27. The van der Waals surface area contributed by atoms with Crippen LogP contribution in [0.25, 0.3) is 10.8 Å². The fourth-order valence-corrected chi connectivity index (χ4v) is 2.53. The van der Waals surface area contributed by atoms with Gasteiger partial charge in [0, 0.05) is 11.4 Å². The highest BCUT2D eigenvalue weighted by molar-refractivity contribution is 5.96. The van der Waals surface area contributed by atoms with E-state index in [1.165, 1.54) is 0 Å². The van der Waals surface area contributed by atoms with Crippen molar-refractivity contribution in [1.29, 1.82) is 0 Å². The van der Waals surface area contributed by atoms with Crippen LogP contribution in [-0.2, 0) is 4.79 Å². The molecule has 0 bridgehead atoms. The summed E-state index contributed by atoms with van der Waals surface area (Å²) in [6.07, 6.45) is 0. The van der Waals surface area contributed by atoms with Crippen molar-refractivity contribution >= 4 is 28.1 Å². The van der Waals surface area contributed by atoms with Crippen LogP contribution in [-0.4, -0.2) is 19.1 Å². The van der Waals surface area contributed by atoms with Gasteiger partial charge in [-0.15, -0.1) is 0 Å². The second kappa shape index (κ2) is 8.21. The minimum atomic E-state index is -0.0945. The summed E-state index contributed by atoms with van der Waals surface area (Å²) in [6.45, 7) is 6.42. The SMILES string of the molecule is C=C(C)COc1ccc(NCC(=O)Nc2ccc3ccccc3c2)cc1. The predicted octanol–water partition coefficient (Wildman–Crippen LogP) is 4.85. The van der Waals surface area contributed by atoms with Crippen molar-refractivity contribution in [3.8, 4) is 5.75 Å². The third kappa shape index (κ3) is 4.86. The van der Waals surface area contributed by atoms with Crippen molar-refractivity contribution in [3.63, 3.8) is 0 Å². The second-order valence-corrected chi connectivity index (χ2v) is 6.23. The molecule has 0 aliphatic carbocycles. The normalized spacial score (nSPS) is 10.3. The maximum Gasteiger partial charge on any atom is 0.243 e. The lowest BCUT2D eigenvalue weighted by atomic mass is 10.1. The Hall–Kier alpha value is -3.27. The number of carbonyl (C=O) groups is 1. The molecule has 4 nitrogen and oxygen atoms in total. The molecular weight excluding hydrogens is 324 g/mol. The minimum absolute atomic E-state index is 0.0945. The zero-order valence-electron chi connectivity index (χ0n) is 14.8. The van der Waals surface area contributed by atoms with E-state index in [1.807, 2.05) is 73.7 Å². The number of carbonyl (C=O) groups excluding carboxylic acids is 1. The molecule has 0 saturated carbocycles. The van der Waals surface area contributed by atoms with E-state index < -0.39 is 0 Å². The predicted molar refractivity (Wildman–Crippen MR) is 108 cm³/mol. The molecular formula is C22H22N2O2. The summed E-state index contributed by atoms with van der Waals surface area (Å²) < 4.78 is 5.56. The minimum Gasteiger partial charge on any atom is -0.489 e. The summed E-state index contributed by atoms with van der Waals surface area (Å²) in [4.78, 5) is 12.2. The molecule has 132 valence electrons. The van der Waals surface area contributed by atoms with Gasteiger partial charge in [-0.3, -0.25) is 4.79 Å². The fourth-order valence-electron chi connectivity index (χ4n) is 2.53. The highest BCUT2D eigenvalue weighted by Crippen LogP contribution is 2.19. The third-order valence-electron chi connectivity index (χ3n) is 3.83. The van der Waals surface area contributed by atoms with Gasteiger partial charge in [-0.05, 0) is 59.7 Å². The molecule has 3 rings (SSSR count). The molecule has 0 saturated heterocycles. The van der Waals surface area contributed by atoms with Crippen molar-refractivity contribution in [1.82, 2.24) is 0 Å². The molecule has 0 fully saturated rings. The van der Waals surface area contributed by atoms with Gasteiger partial charge in [0.25, 0.3) is 0 Å². The number of hydrogen-bond acceptors (Lipinski definition) is 3. The Labute approximate surface area is 153 Å². The van der Waals surface area contributed by atoms with Crippen molar-refractivity contribution < 1.29 is 9.53 Å². The van der Waals surface area contributed by atoms with Gasteiger partial charge in [-0.1, -0.05) is 36.9 Å². The molecule has 2 N–H and O–H groups in total. The van der Waals surface area contributed by atoms with Crippen LogP contribution in [0.4, 0.5) is 11.4 Å². The molecule has 3 aromatic carbocycles. The standard InChI is InChI=1S/C22H22N2O2/c1-16(2)15-26-21-11-9-19(10-12-21)23-14-22(25)24-20-8-7-17-5-3-4-6-18(17)13-20/h3-13,23H,1,14-15H2,2H3,(H,24,25). The lowest BCUT2D eigenvalue weighted by Crippen LogP contribution is -2.21. The Morgan fingerprint density at radius 3 is 2.38 bits per heavy atom. The van der Waals surface area contributed by atoms with Crippen LogP contribution in [0.1, 0.15) is 6.92 Å². The number of amides is 1. The summed E-state index contributed by atoms with van der Waals surface area (Å²) in [5.74, 6) is 0.682. The molecule has 3 aromatic rings. The topological polar surface area (TPSA) is 50.4 Å². The van der Waals surface area contributed by atoms with E-state index in [-0.39, 0.29) is 12.5 Å². The first-order valence-corrected chi connectivity index (χ1v) is 8.50. The zero-order valence-corrected chi connectivity index (χ0v) is 14.8. The number of nitrogens with one attached hydrogen (secondary N) is 2. The van der Waals surface area contributed by atoms with E-state index in [1.54, 1.807) is 0 Å². The molecule has 1 amide bonds. The van der Waals surface area contributed by atoms with E-state index in [4.69, 9.17) is 4.74 Å². The average molecular weight is 346 g/mol. The van der Waals surface area contributed by atoms with Gasteiger partial charge in [0.1, 0.15) is 12.4 Å². The Morgan fingerprint density at radius 1 is 0.962 bits per heavy atom. The van der Waals surface area contributed by atoms with Crippen LogP contribution >= 0.6 is 0 Å².